The van der Waals surface area contributed by atoms with E-state index in [0.717, 1.165) is 5.56 Å². The Kier molecular flexibility index (Phi) is 9.60. The van der Waals surface area contributed by atoms with Crippen LogP contribution in [0, 0.1) is 0 Å². The molecule has 0 aliphatic carbocycles. The third-order valence-corrected chi connectivity index (χ3v) is 10.1. The number of ether oxygens (including phenoxy) is 1. The SMILES string of the molecule is Nc1ccc(CCSc2nc(N)c3ncn([C@@H]4O[C@H](COP(=O)(O)OP(=O)(O)OP(=O)(O)O)C(O)C4O)c3n2)cc1. The van der Waals surface area contributed by atoms with Crippen LogP contribution in [0.25, 0.3) is 11.2 Å². The largest absolute Gasteiger partial charge is 0.490 e. The second-order valence-electron chi connectivity index (χ2n) is 8.49. The van der Waals surface area contributed by atoms with Gasteiger partial charge in [0.1, 0.15) is 23.8 Å². The number of rotatable bonds is 12. The molecule has 1 aliphatic rings. The lowest BCUT2D eigenvalue weighted by molar-refractivity contribution is -0.0503. The summed E-state index contributed by atoms with van der Waals surface area (Å²) in [4.78, 5) is 48.9. The van der Waals surface area contributed by atoms with Crippen LogP contribution in [0.4, 0.5) is 11.5 Å². The number of phosphoric acid groups is 3. The monoisotopic (exact) mass is 658 g/mol. The molecular weight excluding hydrogens is 633 g/mol. The number of phosphoric ester groups is 1. The Morgan fingerprint density at radius 3 is 2.32 bits per heavy atom. The highest BCUT2D eigenvalue weighted by Crippen LogP contribution is 2.66. The first kappa shape index (κ1) is 31.9. The van der Waals surface area contributed by atoms with Crippen molar-refractivity contribution in [3.05, 3.63) is 36.2 Å². The summed E-state index contributed by atoms with van der Waals surface area (Å²) >= 11 is 1.30. The van der Waals surface area contributed by atoms with Gasteiger partial charge in [0.05, 0.1) is 12.9 Å². The van der Waals surface area contributed by atoms with Gasteiger partial charge >= 0.3 is 23.5 Å². The minimum absolute atomic E-state index is 0.0426. The van der Waals surface area contributed by atoms with E-state index in [-0.39, 0.29) is 17.0 Å². The first-order valence-electron chi connectivity index (χ1n) is 11.3. The zero-order valence-corrected chi connectivity index (χ0v) is 24.1. The van der Waals surface area contributed by atoms with Crippen molar-refractivity contribution in [1.29, 1.82) is 0 Å². The maximum Gasteiger partial charge on any atom is 0.490 e. The Bertz CT molecular complexity index is 1540. The zero-order chi connectivity index (χ0) is 30.2. The minimum Gasteiger partial charge on any atom is -0.399 e. The third kappa shape index (κ3) is 8.31. The molecule has 1 fully saturated rings. The van der Waals surface area contributed by atoms with E-state index >= 15 is 0 Å². The number of benzene rings is 1. The van der Waals surface area contributed by atoms with Crippen LogP contribution in [0.2, 0.25) is 0 Å². The molecule has 2 aromatic heterocycles. The summed E-state index contributed by atoms with van der Waals surface area (Å²) in [5.74, 6) is 0.633. The summed E-state index contributed by atoms with van der Waals surface area (Å²) in [6, 6.07) is 7.37. The van der Waals surface area contributed by atoms with Crippen molar-refractivity contribution in [1.82, 2.24) is 19.5 Å². The number of aryl methyl sites for hydroxylation is 1. The Morgan fingerprint density at radius 1 is 0.976 bits per heavy atom. The van der Waals surface area contributed by atoms with Crippen LogP contribution in [0.15, 0.2) is 35.7 Å². The van der Waals surface area contributed by atoms with Crippen molar-refractivity contribution >= 4 is 57.9 Å². The Labute approximate surface area is 234 Å². The molecule has 1 aliphatic heterocycles. The number of imidazole rings is 1. The number of aliphatic hydroxyl groups is 2. The van der Waals surface area contributed by atoms with E-state index < -0.39 is 54.6 Å². The number of anilines is 2. The van der Waals surface area contributed by atoms with Crippen molar-refractivity contribution < 1.29 is 61.4 Å². The fourth-order valence-electron chi connectivity index (χ4n) is 3.68. The van der Waals surface area contributed by atoms with Crippen LogP contribution in [0.3, 0.4) is 0 Å². The van der Waals surface area contributed by atoms with Gasteiger partial charge in [0, 0.05) is 11.4 Å². The average Bonchev–Trinajstić information content (AvgIpc) is 3.38. The summed E-state index contributed by atoms with van der Waals surface area (Å²) in [5, 5.41) is 21.3. The molecule has 0 bridgehead atoms. The molecule has 4 unspecified atom stereocenters. The van der Waals surface area contributed by atoms with Crippen molar-refractivity contribution in [2.75, 3.05) is 23.8 Å². The van der Waals surface area contributed by atoms with E-state index in [9.17, 15) is 33.7 Å². The summed E-state index contributed by atoms with van der Waals surface area (Å²) in [6.07, 6.45) is -4.28. The highest BCUT2D eigenvalue weighted by Gasteiger charge is 2.47. The molecular formula is C18H25N6O13P3S. The summed E-state index contributed by atoms with van der Waals surface area (Å²) in [7, 11) is -16.8. The second kappa shape index (κ2) is 12.3. The number of nitrogens with zero attached hydrogens (tertiary/aromatic N) is 4. The normalized spacial score (nSPS) is 24.3. The van der Waals surface area contributed by atoms with Gasteiger partial charge in [-0.1, -0.05) is 23.9 Å². The van der Waals surface area contributed by atoms with E-state index in [1.807, 2.05) is 12.1 Å². The molecule has 226 valence electrons. The van der Waals surface area contributed by atoms with Crippen LogP contribution in [-0.4, -0.2) is 80.0 Å². The van der Waals surface area contributed by atoms with Crippen molar-refractivity contribution in [2.45, 2.75) is 36.1 Å². The van der Waals surface area contributed by atoms with Crippen LogP contribution >= 0.6 is 35.2 Å². The van der Waals surface area contributed by atoms with Gasteiger partial charge in [0.2, 0.25) is 0 Å². The van der Waals surface area contributed by atoms with Gasteiger partial charge in [-0.3, -0.25) is 9.09 Å². The van der Waals surface area contributed by atoms with Crippen molar-refractivity contribution in [3.8, 4) is 0 Å². The molecule has 0 saturated carbocycles. The quantitative estimate of drug-likeness (QED) is 0.0561. The van der Waals surface area contributed by atoms with Crippen LogP contribution < -0.4 is 11.5 Å². The molecule has 0 spiro atoms. The first-order valence-corrected chi connectivity index (χ1v) is 16.8. The number of nitrogens with two attached hydrogens (primary N) is 2. The summed E-state index contributed by atoms with van der Waals surface area (Å²) in [5.41, 5.74) is 13.8. The fraction of sp³-hybridized carbons (Fsp3) is 0.389. The predicted molar refractivity (Wildman–Crippen MR) is 141 cm³/mol. The molecule has 10 N–H and O–H groups in total. The predicted octanol–water partition coefficient (Wildman–Crippen LogP) is 0.288. The highest BCUT2D eigenvalue weighted by molar-refractivity contribution is 7.99. The lowest BCUT2D eigenvalue weighted by Crippen LogP contribution is -2.33. The van der Waals surface area contributed by atoms with Gasteiger partial charge in [0.15, 0.2) is 22.8 Å². The minimum atomic E-state index is -5.74. The van der Waals surface area contributed by atoms with Crippen LogP contribution in [0.5, 0.6) is 0 Å². The molecule has 1 aromatic carbocycles. The molecule has 6 atom stereocenters. The molecule has 4 rings (SSSR count). The van der Waals surface area contributed by atoms with Gasteiger partial charge in [-0.05, 0) is 24.1 Å². The molecule has 0 amide bonds. The van der Waals surface area contributed by atoms with Crippen LogP contribution in [0.1, 0.15) is 11.8 Å². The highest BCUT2D eigenvalue weighted by atomic mass is 32.2. The Morgan fingerprint density at radius 2 is 1.66 bits per heavy atom. The van der Waals surface area contributed by atoms with E-state index in [1.54, 1.807) is 12.1 Å². The number of thioether (sulfide) groups is 1. The van der Waals surface area contributed by atoms with Gasteiger partial charge in [-0.25, -0.2) is 28.6 Å². The fourth-order valence-corrected chi connectivity index (χ4v) is 7.54. The topological polar surface area (TPSA) is 305 Å². The number of aromatic nitrogens is 4. The Balaban J connectivity index is 1.44. The molecule has 23 heteroatoms. The van der Waals surface area contributed by atoms with Gasteiger partial charge in [-0.2, -0.15) is 8.62 Å². The van der Waals surface area contributed by atoms with E-state index in [1.165, 1.54) is 22.7 Å². The van der Waals surface area contributed by atoms with Crippen molar-refractivity contribution in [2.24, 2.45) is 0 Å². The number of nitrogen functional groups attached to an aromatic ring is 2. The molecule has 41 heavy (non-hydrogen) atoms. The van der Waals surface area contributed by atoms with Crippen LogP contribution in [-0.2, 0) is 38.0 Å². The van der Waals surface area contributed by atoms with Crippen molar-refractivity contribution in [3.63, 3.8) is 0 Å². The third-order valence-electron chi connectivity index (χ3n) is 5.46. The number of hydrogen-bond donors (Lipinski definition) is 8. The molecule has 0 radical (unpaired) electrons. The molecule has 3 aromatic rings. The van der Waals surface area contributed by atoms with E-state index in [2.05, 4.69) is 28.1 Å². The molecule has 19 nitrogen and oxygen atoms in total. The van der Waals surface area contributed by atoms with Gasteiger partial charge in [-0.15, -0.1) is 0 Å². The lowest BCUT2D eigenvalue weighted by atomic mass is 10.1. The lowest BCUT2D eigenvalue weighted by Gasteiger charge is -2.19. The number of fused-ring (bicyclic) bond motifs is 1. The molecule has 1 saturated heterocycles. The van der Waals surface area contributed by atoms with Gasteiger partial charge in [0.25, 0.3) is 0 Å². The first-order chi connectivity index (χ1) is 19.0. The smallest absolute Gasteiger partial charge is 0.399 e. The zero-order valence-electron chi connectivity index (χ0n) is 20.6. The van der Waals surface area contributed by atoms with E-state index in [0.29, 0.717) is 23.0 Å². The maximum absolute atomic E-state index is 12.0. The number of hydrogen-bond acceptors (Lipinski definition) is 15. The maximum atomic E-state index is 12.0. The average molecular weight is 658 g/mol. The number of aliphatic hydroxyl groups excluding tert-OH is 2. The van der Waals surface area contributed by atoms with E-state index in [4.69, 9.17) is 26.0 Å². The summed E-state index contributed by atoms with van der Waals surface area (Å²) in [6.45, 7) is -0.978. The summed E-state index contributed by atoms with van der Waals surface area (Å²) < 4.78 is 52.8. The Hall–Kier alpha value is -1.99. The standard InChI is InChI=1S/C18H25N6O13P3S/c19-10-3-1-9(2-4-10)5-6-41-18-22-15(20)12-16(23-18)24(8-21-12)17-14(26)13(25)11(35-17)7-34-39(30,31)37-40(32,33)36-38(27,28)29/h1-4,8,11,13-14,17,25-26H,5-7,19H2,(H,30,31)(H,32,33)(H2,20,22,23)(H2,27,28,29)/t11-,13?,14?,17-/m1/s1. The second-order valence-corrected chi connectivity index (χ2v) is 14.0. The van der Waals surface area contributed by atoms with Gasteiger partial charge < -0.3 is 46.0 Å². The molecule has 3 heterocycles.